The average molecular weight is 368 g/mol. The van der Waals surface area contributed by atoms with Crippen molar-refractivity contribution in [3.63, 3.8) is 0 Å². The molecule has 0 aliphatic rings. The summed E-state index contributed by atoms with van der Waals surface area (Å²) in [6.45, 7) is 5.47. The lowest BCUT2D eigenvalue weighted by atomic mass is 10.1. The zero-order valence-electron chi connectivity index (χ0n) is 13.2. The van der Waals surface area contributed by atoms with Gasteiger partial charge >= 0.3 is 0 Å². The fourth-order valence-electron chi connectivity index (χ4n) is 2.28. The molecule has 1 N–H and O–H groups in total. The Morgan fingerprint density at radius 1 is 1.36 bits per heavy atom. The van der Waals surface area contributed by atoms with Crippen molar-refractivity contribution in [1.82, 2.24) is 5.32 Å². The fourth-order valence-corrected chi connectivity index (χ4v) is 2.93. The molecule has 0 bridgehead atoms. The minimum Gasteiger partial charge on any atom is -0.492 e. The fraction of sp³-hybridized carbons (Fsp3) is 0.412. The summed E-state index contributed by atoms with van der Waals surface area (Å²) < 4.78 is 17.3. The summed E-state index contributed by atoms with van der Waals surface area (Å²) in [6, 6.07) is 8.29. The lowest BCUT2D eigenvalue weighted by Crippen LogP contribution is -2.27. The molecule has 0 saturated carbocycles. The Kier molecular flexibility index (Phi) is 6.34. The molecule has 1 heterocycles. The first-order chi connectivity index (χ1) is 10.6. The first-order valence-corrected chi connectivity index (χ1v) is 8.18. The van der Waals surface area contributed by atoms with E-state index in [0.717, 1.165) is 40.3 Å². The van der Waals surface area contributed by atoms with Crippen LogP contribution < -0.4 is 14.8 Å². The number of ether oxygens (including phenoxy) is 2. The maximum absolute atomic E-state index is 5.64. The summed E-state index contributed by atoms with van der Waals surface area (Å²) in [4.78, 5) is 0. The van der Waals surface area contributed by atoms with E-state index in [2.05, 4.69) is 28.2 Å². The molecule has 2 rings (SSSR count). The molecule has 0 saturated heterocycles. The minimum absolute atomic E-state index is 0.322. The second-order valence-corrected chi connectivity index (χ2v) is 5.96. The molecular formula is C17H22BrNO3. The van der Waals surface area contributed by atoms with E-state index in [1.807, 2.05) is 31.2 Å². The van der Waals surface area contributed by atoms with Gasteiger partial charge in [-0.25, -0.2) is 0 Å². The van der Waals surface area contributed by atoms with Crippen molar-refractivity contribution in [3.8, 4) is 11.5 Å². The predicted octanol–water partition coefficient (Wildman–Crippen LogP) is 4.17. The van der Waals surface area contributed by atoms with Crippen molar-refractivity contribution >= 4 is 15.9 Å². The topological polar surface area (TPSA) is 43.6 Å². The summed E-state index contributed by atoms with van der Waals surface area (Å²) in [5, 5.41) is 3.49. The molecule has 1 atom stereocenters. The molecule has 0 aliphatic carbocycles. The number of hydrogen-bond acceptors (Lipinski definition) is 4. The van der Waals surface area contributed by atoms with Crippen molar-refractivity contribution in [2.75, 3.05) is 13.7 Å². The Bertz CT molecular complexity index is 584. The van der Waals surface area contributed by atoms with Crippen molar-refractivity contribution in [2.24, 2.45) is 0 Å². The predicted molar refractivity (Wildman–Crippen MR) is 90.6 cm³/mol. The Hall–Kier alpha value is -1.46. The van der Waals surface area contributed by atoms with E-state index in [9.17, 15) is 0 Å². The van der Waals surface area contributed by atoms with E-state index in [-0.39, 0.29) is 0 Å². The van der Waals surface area contributed by atoms with Gasteiger partial charge in [0.2, 0.25) is 0 Å². The van der Waals surface area contributed by atoms with E-state index in [1.165, 1.54) is 0 Å². The van der Waals surface area contributed by atoms with Gasteiger partial charge in [-0.2, -0.15) is 0 Å². The molecule has 0 aliphatic heterocycles. The Morgan fingerprint density at radius 2 is 2.18 bits per heavy atom. The van der Waals surface area contributed by atoms with Crippen LogP contribution in [0.1, 0.15) is 25.2 Å². The van der Waals surface area contributed by atoms with E-state index >= 15 is 0 Å². The normalized spacial score (nSPS) is 12.2. The van der Waals surface area contributed by atoms with Crippen LogP contribution in [0.5, 0.6) is 11.5 Å². The summed E-state index contributed by atoms with van der Waals surface area (Å²) in [7, 11) is 1.64. The molecule has 120 valence electrons. The molecular weight excluding hydrogens is 346 g/mol. The number of halogens is 1. The Balaban J connectivity index is 2.00. The first kappa shape index (κ1) is 16.9. The molecule has 0 spiro atoms. The van der Waals surface area contributed by atoms with Crippen LogP contribution in [0.3, 0.4) is 0 Å². The summed E-state index contributed by atoms with van der Waals surface area (Å²) in [5.74, 6) is 2.48. The number of methoxy groups -OCH3 is 1. The van der Waals surface area contributed by atoms with Crippen molar-refractivity contribution in [2.45, 2.75) is 32.9 Å². The first-order valence-electron chi connectivity index (χ1n) is 7.39. The highest BCUT2D eigenvalue weighted by molar-refractivity contribution is 9.10. The standard InChI is InChI=1S/C17H22BrNO3/c1-4-21-16-10-13(9-15(18)17(16)20-3)11-19-12(2)8-14-6-5-7-22-14/h5-7,9-10,12,19H,4,8,11H2,1-3H3. The molecule has 1 aromatic carbocycles. The third-order valence-electron chi connectivity index (χ3n) is 3.32. The van der Waals surface area contributed by atoms with Gasteiger partial charge in [0.25, 0.3) is 0 Å². The molecule has 1 unspecified atom stereocenters. The molecule has 22 heavy (non-hydrogen) atoms. The van der Waals surface area contributed by atoms with Crippen LogP contribution in [-0.2, 0) is 13.0 Å². The van der Waals surface area contributed by atoms with Gasteiger partial charge in [0.05, 0.1) is 24.5 Å². The lowest BCUT2D eigenvalue weighted by molar-refractivity contribution is 0.309. The summed E-state index contributed by atoms with van der Waals surface area (Å²) in [5.41, 5.74) is 1.14. The summed E-state index contributed by atoms with van der Waals surface area (Å²) >= 11 is 3.54. The van der Waals surface area contributed by atoms with E-state index in [4.69, 9.17) is 13.9 Å². The maximum Gasteiger partial charge on any atom is 0.174 e. The molecule has 0 fully saturated rings. The Morgan fingerprint density at radius 3 is 2.82 bits per heavy atom. The summed E-state index contributed by atoms with van der Waals surface area (Å²) in [6.07, 6.45) is 2.57. The molecule has 2 aromatic rings. The highest BCUT2D eigenvalue weighted by atomic mass is 79.9. The van der Waals surface area contributed by atoms with E-state index in [0.29, 0.717) is 12.6 Å². The van der Waals surface area contributed by atoms with Crippen LogP contribution in [-0.4, -0.2) is 19.8 Å². The van der Waals surface area contributed by atoms with Gasteiger partial charge < -0.3 is 19.2 Å². The van der Waals surface area contributed by atoms with Crippen LogP contribution in [0.25, 0.3) is 0 Å². The smallest absolute Gasteiger partial charge is 0.174 e. The number of benzene rings is 1. The van der Waals surface area contributed by atoms with Gasteiger partial charge in [0.15, 0.2) is 11.5 Å². The second kappa shape index (κ2) is 8.25. The van der Waals surface area contributed by atoms with Crippen LogP contribution in [0, 0.1) is 0 Å². The number of nitrogens with one attached hydrogen (secondary N) is 1. The van der Waals surface area contributed by atoms with Crippen LogP contribution in [0.2, 0.25) is 0 Å². The molecule has 1 aromatic heterocycles. The largest absolute Gasteiger partial charge is 0.492 e. The van der Waals surface area contributed by atoms with Gasteiger partial charge in [-0.15, -0.1) is 0 Å². The Labute approximate surface area is 139 Å². The molecule has 0 radical (unpaired) electrons. The highest BCUT2D eigenvalue weighted by Gasteiger charge is 2.12. The van der Waals surface area contributed by atoms with Gasteiger partial charge in [-0.3, -0.25) is 0 Å². The van der Waals surface area contributed by atoms with Gasteiger partial charge in [0, 0.05) is 19.0 Å². The van der Waals surface area contributed by atoms with Crippen molar-refractivity contribution < 1.29 is 13.9 Å². The zero-order chi connectivity index (χ0) is 15.9. The third kappa shape index (κ3) is 4.52. The third-order valence-corrected chi connectivity index (χ3v) is 3.90. The monoisotopic (exact) mass is 367 g/mol. The highest BCUT2D eigenvalue weighted by Crippen LogP contribution is 2.36. The van der Waals surface area contributed by atoms with Crippen LogP contribution >= 0.6 is 15.9 Å². The average Bonchev–Trinajstić information content (AvgIpc) is 2.98. The van der Waals surface area contributed by atoms with Crippen molar-refractivity contribution in [1.29, 1.82) is 0 Å². The van der Waals surface area contributed by atoms with Gasteiger partial charge in [-0.1, -0.05) is 0 Å². The van der Waals surface area contributed by atoms with E-state index in [1.54, 1.807) is 13.4 Å². The molecule has 0 amide bonds. The van der Waals surface area contributed by atoms with E-state index < -0.39 is 0 Å². The van der Waals surface area contributed by atoms with Crippen LogP contribution in [0.4, 0.5) is 0 Å². The molecule has 4 nitrogen and oxygen atoms in total. The number of hydrogen-bond donors (Lipinski definition) is 1. The number of furan rings is 1. The molecule has 5 heteroatoms. The van der Waals surface area contributed by atoms with Crippen LogP contribution in [0.15, 0.2) is 39.4 Å². The van der Waals surface area contributed by atoms with Gasteiger partial charge in [0.1, 0.15) is 5.76 Å². The minimum atomic E-state index is 0.322. The quantitative estimate of drug-likeness (QED) is 0.760. The SMILES string of the molecule is CCOc1cc(CNC(C)Cc2ccco2)cc(Br)c1OC. The zero-order valence-corrected chi connectivity index (χ0v) is 14.8. The lowest BCUT2D eigenvalue weighted by Gasteiger charge is -2.16. The second-order valence-electron chi connectivity index (χ2n) is 5.11. The van der Waals surface area contributed by atoms with Crippen molar-refractivity contribution in [3.05, 3.63) is 46.3 Å². The number of rotatable bonds is 8. The van der Waals surface area contributed by atoms with Gasteiger partial charge in [-0.05, 0) is 59.6 Å². The maximum atomic E-state index is 5.64.